The molecule has 0 bridgehead atoms. The molecule has 1 unspecified atom stereocenters. The maximum atomic E-state index is 12.5. The number of ketones is 1. The average molecular weight is 334 g/mol. The van der Waals surface area contributed by atoms with Crippen molar-refractivity contribution < 1.29 is 4.79 Å². The second-order valence-corrected chi connectivity index (χ2v) is 5.96. The molecule has 1 aromatic carbocycles. The van der Waals surface area contributed by atoms with Crippen molar-refractivity contribution in [1.29, 1.82) is 0 Å². The molecule has 0 amide bonds. The first-order valence-electron chi connectivity index (χ1n) is 6.61. The van der Waals surface area contributed by atoms with Crippen LogP contribution in [0.5, 0.6) is 0 Å². The molecule has 5 heteroatoms. The Bertz CT molecular complexity index is 653. The van der Waals surface area contributed by atoms with E-state index in [2.05, 4.69) is 32.4 Å². The largest absolute Gasteiger partial charge is 0.375 e. The number of hydrogen-bond donors (Lipinski definition) is 1. The van der Waals surface area contributed by atoms with Crippen molar-refractivity contribution in [3.05, 3.63) is 45.7 Å². The first-order valence-corrected chi connectivity index (χ1v) is 7.40. The number of nitrogens with zero attached hydrogens (tertiary/aromatic N) is 2. The zero-order chi connectivity index (χ0) is 14.3. The summed E-state index contributed by atoms with van der Waals surface area (Å²) in [5.74, 6) is 0.199. The van der Waals surface area contributed by atoms with Crippen LogP contribution in [0.3, 0.4) is 0 Å². The molecule has 0 saturated carbocycles. The van der Waals surface area contributed by atoms with Gasteiger partial charge in [0, 0.05) is 19.2 Å². The Hall–Kier alpha value is -1.62. The van der Waals surface area contributed by atoms with Gasteiger partial charge >= 0.3 is 0 Å². The number of nitrogens with one attached hydrogen (secondary N) is 1. The monoisotopic (exact) mass is 333 g/mol. The van der Waals surface area contributed by atoms with Gasteiger partial charge in [0.1, 0.15) is 0 Å². The molecule has 0 radical (unpaired) electrons. The lowest BCUT2D eigenvalue weighted by Gasteiger charge is -2.10. The summed E-state index contributed by atoms with van der Waals surface area (Å²) in [7, 11) is 1.87. The Balaban J connectivity index is 1.76. The number of Topliss-reactive ketones (excluding diaryl/α,β-unsaturated/α-hetero) is 1. The highest BCUT2D eigenvalue weighted by molar-refractivity contribution is 9.10. The molecule has 0 fully saturated rings. The van der Waals surface area contributed by atoms with Crippen molar-refractivity contribution in [2.45, 2.75) is 25.8 Å². The van der Waals surface area contributed by atoms with Crippen molar-refractivity contribution in [2.75, 3.05) is 5.32 Å². The molecule has 1 atom stereocenters. The fourth-order valence-electron chi connectivity index (χ4n) is 2.65. The first kappa shape index (κ1) is 13.4. The standard InChI is InChI=1S/C15H16BrN3O/c1-9-15(16)13(19(2)18-9)8-14(20)12-7-10-5-3-4-6-11(10)17-12/h3-6,12,17H,7-8H2,1-2H3. The number of aromatic nitrogens is 2. The molecule has 0 saturated heterocycles. The van der Waals surface area contributed by atoms with Gasteiger partial charge in [0.25, 0.3) is 0 Å². The van der Waals surface area contributed by atoms with Gasteiger partial charge in [0.05, 0.1) is 28.3 Å². The van der Waals surface area contributed by atoms with Crippen molar-refractivity contribution >= 4 is 27.4 Å². The third-order valence-corrected chi connectivity index (χ3v) is 4.79. The van der Waals surface area contributed by atoms with E-state index in [1.54, 1.807) is 4.68 Å². The Labute approximate surface area is 126 Å². The molecule has 0 spiro atoms. The number of hydrogen-bond acceptors (Lipinski definition) is 3. The third-order valence-electron chi connectivity index (χ3n) is 3.76. The number of anilines is 1. The second kappa shape index (κ2) is 5.05. The van der Waals surface area contributed by atoms with Gasteiger partial charge in [0.2, 0.25) is 0 Å². The fourth-order valence-corrected chi connectivity index (χ4v) is 3.13. The number of fused-ring (bicyclic) bond motifs is 1. The molecule has 2 heterocycles. The summed E-state index contributed by atoms with van der Waals surface area (Å²) in [6.45, 7) is 1.93. The van der Waals surface area contributed by atoms with Gasteiger partial charge < -0.3 is 5.32 Å². The lowest BCUT2D eigenvalue weighted by atomic mass is 10.0. The van der Waals surface area contributed by atoms with Crippen LogP contribution in [-0.4, -0.2) is 21.6 Å². The van der Waals surface area contributed by atoms with Gasteiger partial charge in [-0.15, -0.1) is 0 Å². The SMILES string of the molecule is Cc1nn(C)c(CC(=O)C2Cc3ccccc3N2)c1Br. The highest BCUT2D eigenvalue weighted by Crippen LogP contribution is 2.27. The van der Waals surface area contributed by atoms with Crippen LogP contribution in [0.4, 0.5) is 5.69 Å². The van der Waals surface area contributed by atoms with E-state index in [1.165, 1.54) is 5.56 Å². The van der Waals surface area contributed by atoms with Crippen LogP contribution in [0, 0.1) is 6.92 Å². The highest BCUT2D eigenvalue weighted by Gasteiger charge is 2.27. The van der Waals surface area contributed by atoms with Crippen molar-refractivity contribution in [2.24, 2.45) is 7.05 Å². The smallest absolute Gasteiger partial charge is 0.161 e. The molecule has 1 aromatic heterocycles. The van der Waals surface area contributed by atoms with Crippen molar-refractivity contribution in [3.63, 3.8) is 0 Å². The minimum atomic E-state index is -0.130. The van der Waals surface area contributed by atoms with E-state index in [1.807, 2.05) is 32.2 Å². The molecule has 3 rings (SSSR count). The Morgan fingerprint density at radius 2 is 2.25 bits per heavy atom. The van der Waals surface area contributed by atoms with E-state index < -0.39 is 0 Å². The molecular weight excluding hydrogens is 318 g/mol. The minimum Gasteiger partial charge on any atom is -0.375 e. The number of halogens is 1. The zero-order valence-electron chi connectivity index (χ0n) is 11.5. The molecule has 0 aliphatic carbocycles. The van der Waals surface area contributed by atoms with Crippen LogP contribution in [0.15, 0.2) is 28.7 Å². The summed E-state index contributed by atoms with van der Waals surface area (Å²) < 4.78 is 2.71. The quantitative estimate of drug-likeness (QED) is 0.939. The van der Waals surface area contributed by atoms with Gasteiger partial charge in [-0.3, -0.25) is 9.48 Å². The number of aryl methyl sites for hydroxylation is 2. The van der Waals surface area contributed by atoms with E-state index in [4.69, 9.17) is 0 Å². The summed E-state index contributed by atoms with van der Waals surface area (Å²) in [5, 5.41) is 7.63. The van der Waals surface area contributed by atoms with E-state index in [-0.39, 0.29) is 11.8 Å². The lowest BCUT2D eigenvalue weighted by molar-refractivity contribution is -0.119. The van der Waals surface area contributed by atoms with E-state index in [9.17, 15) is 4.79 Å². The average Bonchev–Trinajstić information content (AvgIpc) is 2.95. The number of rotatable bonds is 3. The number of para-hydroxylation sites is 1. The van der Waals surface area contributed by atoms with Gasteiger partial charge in [0.15, 0.2) is 5.78 Å². The number of carbonyl (C=O) groups excluding carboxylic acids is 1. The second-order valence-electron chi connectivity index (χ2n) is 5.17. The van der Waals surface area contributed by atoms with E-state index in [0.717, 1.165) is 28.0 Å². The number of carbonyl (C=O) groups is 1. The highest BCUT2D eigenvalue weighted by atomic mass is 79.9. The molecule has 20 heavy (non-hydrogen) atoms. The van der Waals surface area contributed by atoms with E-state index >= 15 is 0 Å². The first-order chi connectivity index (χ1) is 9.56. The van der Waals surface area contributed by atoms with Crippen molar-refractivity contribution in [1.82, 2.24) is 9.78 Å². The normalized spacial score (nSPS) is 16.9. The molecule has 2 aromatic rings. The maximum absolute atomic E-state index is 12.5. The summed E-state index contributed by atoms with van der Waals surface area (Å²) >= 11 is 3.51. The lowest BCUT2D eigenvalue weighted by Crippen LogP contribution is -2.29. The predicted molar refractivity (Wildman–Crippen MR) is 81.9 cm³/mol. The maximum Gasteiger partial charge on any atom is 0.161 e. The van der Waals surface area contributed by atoms with Crippen LogP contribution in [0.2, 0.25) is 0 Å². The van der Waals surface area contributed by atoms with Gasteiger partial charge in [-0.2, -0.15) is 5.10 Å². The summed E-state index contributed by atoms with van der Waals surface area (Å²) in [4.78, 5) is 12.5. The zero-order valence-corrected chi connectivity index (χ0v) is 13.1. The molecule has 1 aliphatic rings. The van der Waals surface area contributed by atoms with E-state index in [0.29, 0.717) is 6.42 Å². The number of benzene rings is 1. The van der Waals surface area contributed by atoms with Gasteiger partial charge in [-0.05, 0) is 34.5 Å². The van der Waals surface area contributed by atoms with Crippen LogP contribution in [0.1, 0.15) is 17.0 Å². The Morgan fingerprint density at radius 3 is 2.90 bits per heavy atom. The van der Waals surface area contributed by atoms with Crippen molar-refractivity contribution in [3.8, 4) is 0 Å². The molecule has 104 valence electrons. The molecular formula is C15H16BrN3O. The van der Waals surface area contributed by atoms with Gasteiger partial charge in [-0.1, -0.05) is 18.2 Å². The fraction of sp³-hybridized carbons (Fsp3) is 0.333. The van der Waals surface area contributed by atoms with Crippen LogP contribution < -0.4 is 5.32 Å². The predicted octanol–water partition coefficient (Wildman–Crippen LogP) is 2.64. The summed E-state index contributed by atoms with van der Waals surface area (Å²) in [6.07, 6.45) is 1.16. The third kappa shape index (κ3) is 2.26. The van der Waals surface area contributed by atoms with Crippen LogP contribution in [0.25, 0.3) is 0 Å². The summed E-state index contributed by atoms with van der Waals surface area (Å²) in [6, 6.07) is 7.95. The Kier molecular flexibility index (Phi) is 3.38. The molecule has 4 nitrogen and oxygen atoms in total. The van der Waals surface area contributed by atoms with Gasteiger partial charge in [-0.25, -0.2) is 0 Å². The molecule has 1 aliphatic heterocycles. The molecule has 1 N–H and O–H groups in total. The topological polar surface area (TPSA) is 46.9 Å². The van der Waals surface area contributed by atoms with Crippen LogP contribution in [-0.2, 0) is 24.7 Å². The Morgan fingerprint density at radius 1 is 1.50 bits per heavy atom. The van der Waals surface area contributed by atoms with Crippen LogP contribution >= 0.6 is 15.9 Å². The summed E-state index contributed by atoms with van der Waals surface area (Å²) in [5.41, 5.74) is 4.14. The minimum absolute atomic E-state index is 0.130.